The normalized spacial score (nSPS) is 17.0. The van der Waals surface area contributed by atoms with E-state index in [9.17, 15) is 14.4 Å². The van der Waals surface area contributed by atoms with E-state index in [1.807, 2.05) is 29.2 Å². The Kier molecular flexibility index (Phi) is 3.87. The molecular formula is C18H18N4O4. The summed E-state index contributed by atoms with van der Waals surface area (Å²) in [4.78, 5) is 40.5. The van der Waals surface area contributed by atoms with Crippen LogP contribution in [-0.2, 0) is 7.05 Å². The van der Waals surface area contributed by atoms with Gasteiger partial charge in [0.25, 0.3) is 11.5 Å². The van der Waals surface area contributed by atoms with Gasteiger partial charge < -0.3 is 14.6 Å². The molecule has 2 aromatic heterocycles. The standard InChI is InChI=1S/C18H18N4O4/c1-21-16(23)9-15(20-18(21)25)22-7-6-12(10-22)19-17(24)14-8-11-4-2-3-5-13(11)26-14/h2-5,8-9,12H,6-7,10H2,1H3,(H,19,24)(H,20,25)/t12-/m1/s1. The molecule has 134 valence electrons. The molecule has 1 atom stereocenters. The minimum Gasteiger partial charge on any atom is -0.451 e. The highest BCUT2D eigenvalue weighted by Gasteiger charge is 2.26. The van der Waals surface area contributed by atoms with Crippen molar-refractivity contribution in [3.8, 4) is 0 Å². The molecule has 26 heavy (non-hydrogen) atoms. The van der Waals surface area contributed by atoms with Crippen LogP contribution in [0.15, 0.2) is 50.4 Å². The van der Waals surface area contributed by atoms with Crippen LogP contribution in [-0.4, -0.2) is 34.6 Å². The van der Waals surface area contributed by atoms with E-state index >= 15 is 0 Å². The number of hydrogen-bond acceptors (Lipinski definition) is 5. The molecule has 8 nitrogen and oxygen atoms in total. The Bertz CT molecular complexity index is 1030. The largest absolute Gasteiger partial charge is 0.451 e. The van der Waals surface area contributed by atoms with Crippen molar-refractivity contribution in [2.75, 3.05) is 18.0 Å². The van der Waals surface area contributed by atoms with E-state index in [-0.39, 0.29) is 23.3 Å². The second kappa shape index (κ2) is 6.21. The van der Waals surface area contributed by atoms with Crippen LogP contribution in [0.4, 0.5) is 5.82 Å². The second-order valence-corrected chi connectivity index (χ2v) is 6.41. The number of nitrogens with zero attached hydrogens (tertiary/aromatic N) is 2. The lowest BCUT2D eigenvalue weighted by molar-refractivity contribution is 0.0914. The van der Waals surface area contributed by atoms with Gasteiger partial charge in [0.15, 0.2) is 5.76 Å². The Labute approximate surface area is 148 Å². The number of aromatic amines is 1. The van der Waals surface area contributed by atoms with E-state index in [1.54, 1.807) is 6.07 Å². The number of furan rings is 1. The summed E-state index contributed by atoms with van der Waals surface area (Å²) in [6, 6.07) is 10.5. The fourth-order valence-corrected chi connectivity index (χ4v) is 3.16. The summed E-state index contributed by atoms with van der Waals surface area (Å²) in [5.74, 6) is 0.468. The summed E-state index contributed by atoms with van der Waals surface area (Å²) in [6.07, 6.45) is 0.712. The van der Waals surface area contributed by atoms with Crippen LogP contribution in [0.1, 0.15) is 17.0 Å². The first-order valence-electron chi connectivity index (χ1n) is 8.36. The third-order valence-corrected chi connectivity index (χ3v) is 4.64. The van der Waals surface area contributed by atoms with Crippen LogP contribution in [0.5, 0.6) is 0 Å². The molecule has 0 unspecified atom stereocenters. The van der Waals surface area contributed by atoms with Crippen molar-refractivity contribution in [3.05, 3.63) is 63.0 Å². The average molecular weight is 354 g/mol. The van der Waals surface area contributed by atoms with E-state index in [0.717, 1.165) is 9.95 Å². The molecule has 8 heteroatoms. The van der Waals surface area contributed by atoms with Crippen LogP contribution < -0.4 is 21.5 Å². The minimum atomic E-state index is -0.456. The Morgan fingerprint density at radius 3 is 2.85 bits per heavy atom. The maximum absolute atomic E-state index is 12.4. The first kappa shape index (κ1) is 16.2. The monoisotopic (exact) mass is 354 g/mol. The zero-order valence-electron chi connectivity index (χ0n) is 14.2. The first-order valence-corrected chi connectivity index (χ1v) is 8.36. The summed E-state index contributed by atoms with van der Waals surface area (Å²) >= 11 is 0. The van der Waals surface area contributed by atoms with Crippen molar-refractivity contribution in [1.82, 2.24) is 14.9 Å². The fraction of sp³-hybridized carbons (Fsp3) is 0.278. The van der Waals surface area contributed by atoms with Crippen molar-refractivity contribution in [1.29, 1.82) is 0 Å². The number of carbonyl (C=O) groups is 1. The van der Waals surface area contributed by atoms with E-state index in [0.29, 0.717) is 30.9 Å². The second-order valence-electron chi connectivity index (χ2n) is 6.41. The zero-order chi connectivity index (χ0) is 18.3. The van der Waals surface area contributed by atoms with Gasteiger partial charge in [-0.2, -0.15) is 0 Å². The van der Waals surface area contributed by atoms with Gasteiger partial charge in [0, 0.05) is 37.6 Å². The first-order chi connectivity index (χ1) is 12.5. The molecule has 1 amide bonds. The molecular weight excluding hydrogens is 336 g/mol. The van der Waals surface area contributed by atoms with Crippen molar-refractivity contribution >= 4 is 22.7 Å². The number of rotatable bonds is 3. The predicted octanol–water partition coefficient (Wildman–Crippen LogP) is 0.828. The lowest BCUT2D eigenvalue weighted by atomic mass is 10.2. The van der Waals surface area contributed by atoms with Gasteiger partial charge in [0.05, 0.1) is 0 Å². The molecule has 0 aliphatic carbocycles. The number of hydrogen-bond donors (Lipinski definition) is 2. The van der Waals surface area contributed by atoms with Gasteiger partial charge in [-0.1, -0.05) is 18.2 Å². The summed E-state index contributed by atoms with van der Waals surface area (Å²) < 4.78 is 6.59. The molecule has 0 radical (unpaired) electrons. The van der Waals surface area contributed by atoms with Gasteiger partial charge in [-0.05, 0) is 18.6 Å². The number of fused-ring (bicyclic) bond motifs is 1. The molecule has 4 rings (SSSR count). The number of carbonyl (C=O) groups excluding carboxylic acids is 1. The lowest BCUT2D eigenvalue weighted by Crippen LogP contribution is -2.38. The number of nitrogens with one attached hydrogen (secondary N) is 2. The predicted molar refractivity (Wildman–Crippen MR) is 96.6 cm³/mol. The van der Waals surface area contributed by atoms with Crippen LogP contribution in [0.3, 0.4) is 0 Å². The Morgan fingerprint density at radius 2 is 2.08 bits per heavy atom. The van der Waals surface area contributed by atoms with Crippen molar-refractivity contribution in [2.24, 2.45) is 7.05 Å². The maximum Gasteiger partial charge on any atom is 0.329 e. The highest BCUT2D eigenvalue weighted by Crippen LogP contribution is 2.20. The van der Waals surface area contributed by atoms with E-state index < -0.39 is 5.69 Å². The third-order valence-electron chi connectivity index (χ3n) is 4.64. The number of para-hydroxylation sites is 1. The van der Waals surface area contributed by atoms with Crippen molar-refractivity contribution in [2.45, 2.75) is 12.5 Å². The number of aromatic nitrogens is 2. The zero-order valence-corrected chi connectivity index (χ0v) is 14.2. The molecule has 0 saturated carbocycles. The summed E-state index contributed by atoms with van der Waals surface area (Å²) in [5, 5.41) is 3.82. The van der Waals surface area contributed by atoms with Gasteiger partial charge in [0.1, 0.15) is 11.4 Å². The van der Waals surface area contributed by atoms with Gasteiger partial charge in [0.2, 0.25) is 0 Å². The SMILES string of the molecule is Cn1c(=O)cc(N2CC[C@@H](NC(=O)c3cc4ccccc4o3)C2)[nH]c1=O. The summed E-state index contributed by atoms with van der Waals surface area (Å²) in [6.45, 7) is 1.14. The smallest absolute Gasteiger partial charge is 0.329 e. The molecule has 1 aliphatic heterocycles. The van der Waals surface area contributed by atoms with E-state index in [1.165, 1.54) is 13.1 Å². The quantitative estimate of drug-likeness (QED) is 0.726. The van der Waals surface area contributed by atoms with Crippen molar-refractivity contribution < 1.29 is 9.21 Å². The van der Waals surface area contributed by atoms with Gasteiger partial charge in [-0.25, -0.2) is 4.79 Å². The Hall–Kier alpha value is -3.29. The number of benzene rings is 1. The van der Waals surface area contributed by atoms with Gasteiger partial charge in [-0.3, -0.25) is 19.1 Å². The molecule has 0 bridgehead atoms. The highest BCUT2D eigenvalue weighted by molar-refractivity contribution is 5.96. The number of amides is 1. The summed E-state index contributed by atoms with van der Waals surface area (Å²) in [7, 11) is 1.42. The topological polar surface area (TPSA) is 100 Å². The lowest BCUT2D eigenvalue weighted by Gasteiger charge is -2.18. The molecule has 1 aromatic carbocycles. The van der Waals surface area contributed by atoms with Crippen molar-refractivity contribution in [3.63, 3.8) is 0 Å². The fourth-order valence-electron chi connectivity index (χ4n) is 3.16. The van der Waals surface area contributed by atoms with Gasteiger partial charge >= 0.3 is 5.69 Å². The van der Waals surface area contributed by atoms with Gasteiger partial charge in [-0.15, -0.1) is 0 Å². The molecule has 1 aliphatic rings. The molecule has 1 fully saturated rings. The molecule has 0 spiro atoms. The number of H-pyrrole nitrogens is 1. The van der Waals surface area contributed by atoms with E-state index in [4.69, 9.17) is 4.42 Å². The highest BCUT2D eigenvalue weighted by atomic mass is 16.3. The molecule has 2 N–H and O–H groups in total. The maximum atomic E-state index is 12.4. The number of anilines is 1. The van der Waals surface area contributed by atoms with Crippen LogP contribution in [0.25, 0.3) is 11.0 Å². The Balaban J connectivity index is 1.46. The van der Waals surface area contributed by atoms with Crippen LogP contribution >= 0.6 is 0 Å². The molecule has 3 heterocycles. The summed E-state index contributed by atoms with van der Waals surface area (Å²) in [5.41, 5.74) is -0.149. The molecule has 1 saturated heterocycles. The molecule has 3 aromatic rings. The van der Waals surface area contributed by atoms with E-state index in [2.05, 4.69) is 10.3 Å². The minimum absolute atomic E-state index is 0.0942. The van der Waals surface area contributed by atoms with Crippen LogP contribution in [0, 0.1) is 0 Å². The average Bonchev–Trinajstić information content (AvgIpc) is 3.25. The third kappa shape index (κ3) is 2.90. The van der Waals surface area contributed by atoms with Crippen LogP contribution in [0.2, 0.25) is 0 Å². The Morgan fingerprint density at radius 1 is 1.27 bits per heavy atom.